The zero-order valence-corrected chi connectivity index (χ0v) is 22.6. The van der Waals surface area contributed by atoms with Crippen molar-refractivity contribution >= 4 is 16.9 Å². The molecule has 0 amide bonds. The lowest BCUT2D eigenvalue weighted by molar-refractivity contribution is -0.142. The van der Waals surface area contributed by atoms with Crippen LogP contribution in [-0.2, 0) is 30.6 Å². The molecule has 6 rings (SSSR count). The zero-order valence-electron chi connectivity index (χ0n) is 22.6. The van der Waals surface area contributed by atoms with E-state index in [4.69, 9.17) is 4.98 Å². The zero-order chi connectivity index (χ0) is 26.2. The Balaban J connectivity index is 1.43. The second-order valence-corrected chi connectivity index (χ2v) is 11.3. The number of fused-ring (bicyclic) bond motifs is 2. The minimum absolute atomic E-state index is 0.199. The van der Waals surface area contributed by atoms with Gasteiger partial charge in [0.2, 0.25) is 0 Å². The van der Waals surface area contributed by atoms with Crippen molar-refractivity contribution in [3.63, 3.8) is 0 Å². The first-order chi connectivity index (χ1) is 18.6. The van der Waals surface area contributed by atoms with Gasteiger partial charge in [0.05, 0.1) is 23.3 Å². The number of aliphatic carboxylic acids is 1. The molecule has 1 saturated carbocycles. The van der Waals surface area contributed by atoms with E-state index in [2.05, 4.69) is 79.3 Å². The summed E-state index contributed by atoms with van der Waals surface area (Å²) in [7, 11) is 0. The van der Waals surface area contributed by atoms with Gasteiger partial charge in [-0.15, -0.1) is 0 Å². The smallest absolute Gasteiger partial charge is 0.306 e. The van der Waals surface area contributed by atoms with Crippen molar-refractivity contribution in [1.82, 2.24) is 9.55 Å². The van der Waals surface area contributed by atoms with Gasteiger partial charge in [-0.3, -0.25) is 9.78 Å². The fourth-order valence-corrected chi connectivity index (χ4v) is 7.12. The predicted molar refractivity (Wildman–Crippen MR) is 154 cm³/mol. The van der Waals surface area contributed by atoms with Crippen molar-refractivity contribution in [2.24, 2.45) is 5.92 Å². The van der Waals surface area contributed by atoms with Gasteiger partial charge in [0.15, 0.2) is 0 Å². The lowest BCUT2D eigenvalue weighted by atomic mass is 9.78. The van der Waals surface area contributed by atoms with Gasteiger partial charge in [-0.2, -0.15) is 0 Å². The molecule has 1 fully saturated rings. The van der Waals surface area contributed by atoms with Crippen molar-refractivity contribution < 1.29 is 9.90 Å². The molecule has 4 aromatic rings. The molecule has 2 aromatic carbocycles. The van der Waals surface area contributed by atoms with E-state index in [1.807, 2.05) is 0 Å². The minimum atomic E-state index is -0.638. The van der Waals surface area contributed by atoms with Gasteiger partial charge in [0.1, 0.15) is 0 Å². The first-order valence-electron chi connectivity index (χ1n) is 14.5. The lowest BCUT2D eigenvalue weighted by Gasteiger charge is -2.26. The molecule has 4 heteroatoms. The molecule has 2 aliphatic rings. The Bertz CT molecular complexity index is 1450. The maximum Gasteiger partial charge on any atom is 0.306 e. The predicted octanol–water partition coefficient (Wildman–Crippen LogP) is 7.92. The number of carboxylic acids is 1. The van der Waals surface area contributed by atoms with Crippen LogP contribution in [0.4, 0.5) is 0 Å². The van der Waals surface area contributed by atoms with Gasteiger partial charge in [-0.25, -0.2) is 0 Å². The Hall–Kier alpha value is -3.40. The summed E-state index contributed by atoms with van der Waals surface area (Å²) in [5, 5.41) is 10.9. The van der Waals surface area contributed by atoms with Crippen molar-refractivity contribution in [3.8, 4) is 11.3 Å². The monoisotopic (exact) mass is 506 g/mol. The second-order valence-electron chi connectivity index (χ2n) is 11.3. The van der Waals surface area contributed by atoms with Crippen molar-refractivity contribution in [2.75, 3.05) is 0 Å². The highest BCUT2D eigenvalue weighted by Crippen LogP contribution is 2.42. The summed E-state index contributed by atoms with van der Waals surface area (Å²) in [4.78, 5) is 16.7. The molecule has 0 spiro atoms. The first kappa shape index (κ1) is 24.9. The number of hydrogen-bond acceptors (Lipinski definition) is 2. The molecule has 1 atom stereocenters. The normalized spacial score (nSPS) is 21.1. The number of hydrogen-bond donors (Lipinski definition) is 1. The standard InChI is InChI=1S/C34H38N2O2/c1-3-22-9-7-10-23(4-2)33(22)31-18-29-30(25-12-15-26(16-13-25)34(37)38)21-36(32(29)19-35-31)20-27-17-14-24-8-5-6-11-28(24)27/h5-11,18-19,21,25-27H,3-4,12-17,20H2,1-2H3,(H,37,38). The molecule has 2 aliphatic carbocycles. The highest BCUT2D eigenvalue weighted by atomic mass is 16.4. The quantitative estimate of drug-likeness (QED) is 0.277. The highest BCUT2D eigenvalue weighted by Gasteiger charge is 2.30. The van der Waals surface area contributed by atoms with Crippen LogP contribution in [0.3, 0.4) is 0 Å². The Morgan fingerprint density at radius 2 is 1.68 bits per heavy atom. The van der Waals surface area contributed by atoms with Gasteiger partial charge in [-0.05, 0) is 91.2 Å². The molecule has 38 heavy (non-hydrogen) atoms. The van der Waals surface area contributed by atoms with Gasteiger partial charge in [-0.1, -0.05) is 56.3 Å². The molecule has 2 heterocycles. The van der Waals surface area contributed by atoms with Crippen molar-refractivity contribution in [1.29, 1.82) is 0 Å². The van der Waals surface area contributed by atoms with E-state index in [0.717, 1.165) is 57.2 Å². The van der Waals surface area contributed by atoms with Crippen LogP contribution in [0, 0.1) is 5.92 Å². The molecule has 196 valence electrons. The van der Waals surface area contributed by atoms with Gasteiger partial charge in [0.25, 0.3) is 0 Å². The molecule has 0 saturated heterocycles. The summed E-state index contributed by atoms with van der Waals surface area (Å²) in [6.07, 6.45) is 12.2. The first-order valence-corrected chi connectivity index (χ1v) is 14.5. The van der Waals surface area contributed by atoms with Crippen LogP contribution in [0.1, 0.15) is 85.6 Å². The minimum Gasteiger partial charge on any atom is -0.481 e. The van der Waals surface area contributed by atoms with Gasteiger partial charge < -0.3 is 9.67 Å². The molecule has 0 bridgehead atoms. The molecular formula is C34H38N2O2. The summed E-state index contributed by atoms with van der Waals surface area (Å²) in [5.74, 6) is 0.0769. The fourth-order valence-electron chi connectivity index (χ4n) is 7.12. The molecule has 1 N–H and O–H groups in total. The molecule has 4 nitrogen and oxygen atoms in total. The number of carboxylic acid groups (broad SMARTS) is 1. The Morgan fingerprint density at radius 1 is 0.947 bits per heavy atom. The molecule has 0 aliphatic heterocycles. The molecular weight excluding hydrogens is 468 g/mol. The van der Waals surface area contributed by atoms with E-state index in [9.17, 15) is 9.90 Å². The number of aryl methyl sites for hydroxylation is 3. The van der Waals surface area contributed by atoms with E-state index in [-0.39, 0.29) is 5.92 Å². The van der Waals surface area contributed by atoms with E-state index >= 15 is 0 Å². The van der Waals surface area contributed by atoms with Crippen LogP contribution in [0.5, 0.6) is 0 Å². The lowest BCUT2D eigenvalue weighted by Crippen LogP contribution is -2.20. The summed E-state index contributed by atoms with van der Waals surface area (Å²) >= 11 is 0. The van der Waals surface area contributed by atoms with Crippen LogP contribution in [0.15, 0.2) is 60.9 Å². The molecule has 0 radical (unpaired) electrons. The van der Waals surface area contributed by atoms with Crippen LogP contribution in [0.25, 0.3) is 22.2 Å². The Labute approximate surface area is 225 Å². The number of rotatable bonds is 7. The topological polar surface area (TPSA) is 55.1 Å². The Morgan fingerprint density at radius 3 is 2.39 bits per heavy atom. The number of pyridine rings is 1. The highest BCUT2D eigenvalue weighted by molar-refractivity contribution is 5.88. The average molecular weight is 507 g/mol. The largest absolute Gasteiger partial charge is 0.481 e. The van der Waals surface area contributed by atoms with Crippen molar-refractivity contribution in [3.05, 3.63) is 88.7 Å². The maximum atomic E-state index is 11.6. The third kappa shape index (κ3) is 4.44. The number of nitrogens with zero attached hydrogens (tertiary/aromatic N) is 2. The van der Waals surface area contributed by atoms with E-state index in [0.29, 0.717) is 11.8 Å². The van der Waals surface area contributed by atoms with Crippen LogP contribution in [-0.4, -0.2) is 20.6 Å². The van der Waals surface area contributed by atoms with Crippen LogP contribution < -0.4 is 0 Å². The molecule has 1 unspecified atom stereocenters. The van der Waals surface area contributed by atoms with E-state index < -0.39 is 5.97 Å². The SMILES string of the molecule is CCc1cccc(CC)c1-c1cc2c(C3CCC(C(=O)O)CC3)cn(CC3CCc4ccccc43)c2cn1. The van der Waals surface area contributed by atoms with E-state index in [1.54, 1.807) is 0 Å². The molecule has 2 aromatic heterocycles. The number of aromatic nitrogens is 2. The summed E-state index contributed by atoms with van der Waals surface area (Å²) in [5.41, 5.74) is 10.6. The van der Waals surface area contributed by atoms with E-state index in [1.165, 1.54) is 50.7 Å². The Kier molecular flexibility index (Phi) is 6.82. The van der Waals surface area contributed by atoms with Crippen molar-refractivity contribution in [2.45, 2.75) is 83.6 Å². The number of benzene rings is 2. The average Bonchev–Trinajstić information content (AvgIpc) is 3.53. The van der Waals surface area contributed by atoms with Gasteiger partial charge >= 0.3 is 5.97 Å². The summed E-state index contributed by atoms with van der Waals surface area (Å²) in [6.45, 7) is 5.41. The third-order valence-corrected chi connectivity index (χ3v) is 9.24. The van der Waals surface area contributed by atoms with Gasteiger partial charge in [0, 0.05) is 29.6 Å². The third-order valence-electron chi connectivity index (χ3n) is 9.24. The fraction of sp³-hybridized carbons (Fsp3) is 0.412. The number of carbonyl (C=O) groups is 1. The van der Waals surface area contributed by atoms with Crippen LogP contribution >= 0.6 is 0 Å². The summed E-state index contributed by atoms with van der Waals surface area (Å²) < 4.78 is 2.45. The summed E-state index contributed by atoms with van der Waals surface area (Å²) in [6, 6.07) is 17.9. The van der Waals surface area contributed by atoms with Crippen LogP contribution in [0.2, 0.25) is 0 Å². The maximum absolute atomic E-state index is 11.6. The second kappa shape index (κ2) is 10.4.